The van der Waals surface area contributed by atoms with E-state index in [1.165, 1.54) is 0 Å². The lowest BCUT2D eigenvalue weighted by atomic mass is 10.1. The van der Waals surface area contributed by atoms with Gasteiger partial charge in [0.15, 0.2) is 0 Å². The highest BCUT2D eigenvalue weighted by Gasteiger charge is 2.32. The summed E-state index contributed by atoms with van der Waals surface area (Å²) < 4.78 is 72.4. The van der Waals surface area contributed by atoms with Gasteiger partial charge in [0.25, 0.3) is 0 Å². The minimum Gasteiger partial charge on any atom is -0.379 e. The Hall–Kier alpha value is -1.94. The summed E-state index contributed by atoms with van der Waals surface area (Å²) in [6.07, 6.45) is -4.61. The second-order valence-electron chi connectivity index (χ2n) is 6.52. The third-order valence-electron chi connectivity index (χ3n) is 4.52. The zero-order valence-electron chi connectivity index (χ0n) is 15.0. The molecule has 0 saturated carbocycles. The molecule has 1 saturated heterocycles. The van der Waals surface area contributed by atoms with Crippen LogP contribution in [0.1, 0.15) is 17.2 Å². The third-order valence-corrected chi connectivity index (χ3v) is 5.98. The first-order chi connectivity index (χ1) is 13.3. The standard InChI is InChI=1S/C19H21F3N2O3S/c20-19(21,22)16-7-4-8-17(13-16)28(25,26)23-18(15-5-2-1-3-6-15)14-24-9-11-27-12-10-24/h1-8,13,18,23H,9-12,14H2/t18-/m1/s1. The topological polar surface area (TPSA) is 58.6 Å². The van der Waals surface area contributed by atoms with Crippen LogP contribution in [-0.4, -0.2) is 46.2 Å². The number of sulfonamides is 1. The second-order valence-corrected chi connectivity index (χ2v) is 8.24. The SMILES string of the molecule is O=S(=O)(N[C@H](CN1CCOCC1)c1ccccc1)c1cccc(C(F)(F)F)c1. The van der Waals surface area contributed by atoms with Crippen LogP contribution in [0.3, 0.4) is 0 Å². The quantitative estimate of drug-likeness (QED) is 0.790. The molecule has 0 bridgehead atoms. The minimum atomic E-state index is -4.61. The Morgan fingerprint density at radius 1 is 1.04 bits per heavy atom. The monoisotopic (exact) mass is 414 g/mol. The van der Waals surface area contributed by atoms with Gasteiger partial charge in [0.1, 0.15) is 0 Å². The van der Waals surface area contributed by atoms with Crippen LogP contribution in [0.15, 0.2) is 59.5 Å². The van der Waals surface area contributed by atoms with Gasteiger partial charge in [0.05, 0.1) is 29.7 Å². The van der Waals surface area contributed by atoms with Crippen molar-refractivity contribution in [1.29, 1.82) is 0 Å². The van der Waals surface area contributed by atoms with Gasteiger partial charge in [0, 0.05) is 19.6 Å². The van der Waals surface area contributed by atoms with E-state index in [9.17, 15) is 21.6 Å². The zero-order valence-corrected chi connectivity index (χ0v) is 15.8. The minimum absolute atomic E-state index is 0.394. The van der Waals surface area contributed by atoms with Crippen LogP contribution in [0.25, 0.3) is 0 Å². The average Bonchev–Trinajstić information content (AvgIpc) is 2.68. The maximum Gasteiger partial charge on any atom is 0.416 e. The molecular weight excluding hydrogens is 393 g/mol. The molecule has 0 spiro atoms. The second kappa shape index (κ2) is 8.60. The normalized spacial score (nSPS) is 17.4. The third kappa shape index (κ3) is 5.32. The van der Waals surface area contributed by atoms with Crippen molar-refractivity contribution in [3.8, 4) is 0 Å². The van der Waals surface area contributed by atoms with Gasteiger partial charge >= 0.3 is 6.18 Å². The largest absolute Gasteiger partial charge is 0.416 e. The van der Waals surface area contributed by atoms with E-state index < -0.39 is 32.7 Å². The van der Waals surface area contributed by atoms with Crippen LogP contribution in [-0.2, 0) is 20.9 Å². The highest BCUT2D eigenvalue weighted by molar-refractivity contribution is 7.89. The molecule has 9 heteroatoms. The number of halogens is 3. The van der Waals surface area contributed by atoms with Crippen LogP contribution in [0, 0.1) is 0 Å². The number of hydrogen-bond donors (Lipinski definition) is 1. The molecule has 152 valence electrons. The van der Waals surface area contributed by atoms with Crippen molar-refractivity contribution in [2.24, 2.45) is 0 Å². The Morgan fingerprint density at radius 3 is 2.36 bits per heavy atom. The predicted octanol–water partition coefficient (Wildman–Crippen LogP) is 3.06. The molecule has 1 fully saturated rings. The fraction of sp³-hybridized carbons (Fsp3) is 0.368. The molecule has 1 atom stereocenters. The van der Waals surface area contributed by atoms with Gasteiger partial charge in [-0.3, -0.25) is 4.90 Å². The molecule has 28 heavy (non-hydrogen) atoms. The van der Waals surface area contributed by atoms with E-state index >= 15 is 0 Å². The smallest absolute Gasteiger partial charge is 0.379 e. The lowest BCUT2D eigenvalue weighted by Crippen LogP contribution is -2.43. The molecule has 2 aromatic rings. The van der Waals surface area contributed by atoms with E-state index in [0.717, 1.165) is 23.8 Å². The van der Waals surface area contributed by atoms with Crippen LogP contribution >= 0.6 is 0 Å². The maximum atomic E-state index is 13.0. The Labute approximate surface area is 162 Å². The fourth-order valence-electron chi connectivity index (χ4n) is 3.03. The Bertz CT molecular complexity index is 883. The first-order valence-corrected chi connectivity index (χ1v) is 10.3. The molecule has 1 N–H and O–H groups in total. The van der Waals surface area contributed by atoms with Crippen LogP contribution in [0.4, 0.5) is 13.2 Å². The van der Waals surface area contributed by atoms with E-state index in [1.54, 1.807) is 24.3 Å². The van der Waals surface area contributed by atoms with E-state index in [1.807, 2.05) is 6.07 Å². The molecule has 2 aromatic carbocycles. The Morgan fingerprint density at radius 2 is 1.71 bits per heavy atom. The summed E-state index contributed by atoms with van der Waals surface area (Å²) in [5.74, 6) is 0. The molecule has 0 amide bonds. The van der Waals surface area contributed by atoms with Gasteiger partial charge in [-0.1, -0.05) is 36.4 Å². The molecule has 1 aliphatic heterocycles. The molecular formula is C19H21F3N2O3S. The van der Waals surface area contributed by atoms with Crippen molar-refractivity contribution in [1.82, 2.24) is 9.62 Å². The van der Waals surface area contributed by atoms with Crippen molar-refractivity contribution in [3.05, 3.63) is 65.7 Å². The van der Waals surface area contributed by atoms with Gasteiger partial charge in [-0.2, -0.15) is 13.2 Å². The summed E-state index contributed by atoms with van der Waals surface area (Å²) in [5, 5.41) is 0. The number of morpholine rings is 1. The molecule has 1 aliphatic rings. The van der Waals surface area contributed by atoms with E-state index in [4.69, 9.17) is 4.74 Å². The van der Waals surface area contributed by atoms with Crippen molar-refractivity contribution < 1.29 is 26.3 Å². The molecule has 0 aliphatic carbocycles. The summed E-state index contributed by atoms with van der Waals surface area (Å²) >= 11 is 0. The zero-order chi connectivity index (χ0) is 20.2. The first kappa shape index (κ1) is 20.8. The van der Waals surface area contributed by atoms with E-state index in [2.05, 4.69) is 9.62 Å². The lowest BCUT2D eigenvalue weighted by molar-refractivity contribution is -0.137. The number of benzene rings is 2. The summed E-state index contributed by atoms with van der Waals surface area (Å²) in [5.41, 5.74) is -0.260. The number of alkyl halides is 3. The number of hydrogen-bond acceptors (Lipinski definition) is 4. The Kier molecular flexibility index (Phi) is 6.39. The van der Waals surface area contributed by atoms with Gasteiger partial charge in [-0.25, -0.2) is 13.1 Å². The molecule has 3 rings (SSSR count). The van der Waals surface area contributed by atoms with Crippen LogP contribution in [0.5, 0.6) is 0 Å². The van der Waals surface area contributed by atoms with Gasteiger partial charge in [-0.05, 0) is 23.8 Å². The number of nitrogens with zero attached hydrogens (tertiary/aromatic N) is 1. The van der Waals surface area contributed by atoms with Crippen LogP contribution in [0.2, 0.25) is 0 Å². The lowest BCUT2D eigenvalue weighted by Gasteiger charge is -2.31. The van der Waals surface area contributed by atoms with E-state index in [0.29, 0.717) is 38.9 Å². The van der Waals surface area contributed by atoms with Crippen molar-refractivity contribution in [2.75, 3.05) is 32.8 Å². The van der Waals surface area contributed by atoms with Crippen molar-refractivity contribution in [3.63, 3.8) is 0 Å². The van der Waals surface area contributed by atoms with Crippen molar-refractivity contribution >= 4 is 10.0 Å². The Balaban J connectivity index is 1.86. The highest BCUT2D eigenvalue weighted by Crippen LogP contribution is 2.30. The first-order valence-electron chi connectivity index (χ1n) is 8.80. The van der Waals surface area contributed by atoms with Gasteiger partial charge in [0.2, 0.25) is 10.0 Å². The number of ether oxygens (including phenoxy) is 1. The molecule has 0 radical (unpaired) electrons. The van der Waals surface area contributed by atoms with Crippen LogP contribution < -0.4 is 4.72 Å². The number of rotatable bonds is 6. The van der Waals surface area contributed by atoms with Gasteiger partial charge in [-0.15, -0.1) is 0 Å². The molecule has 5 nitrogen and oxygen atoms in total. The maximum absolute atomic E-state index is 13.0. The molecule has 0 unspecified atom stereocenters. The molecule has 1 heterocycles. The summed E-state index contributed by atoms with van der Waals surface area (Å²) in [4.78, 5) is 1.65. The molecule has 0 aromatic heterocycles. The van der Waals surface area contributed by atoms with Gasteiger partial charge < -0.3 is 4.74 Å². The summed E-state index contributed by atoms with van der Waals surface area (Å²) in [7, 11) is -4.15. The summed E-state index contributed by atoms with van der Waals surface area (Å²) in [6.45, 7) is 2.83. The highest BCUT2D eigenvalue weighted by atomic mass is 32.2. The average molecular weight is 414 g/mol. The fourth-order valence-corrected chi connectivity index (χ4v) is 4.29. The summed E-state index contributed by atoms with van der Waals surface area (Å²) in [6, 6.07) is 12.1. The van der Waals surface area contributed by atoms with E-state index in [-0.39, 0.29) is 0 Å². The van der Waals surface area contributed by atoms with Crippen molar-refractivity contribution in [2.45, 2.75) is 17.1 Å². The predicted molar refractivity (Wildman–Crippen MR) is 98.2 cm³/mol. The number of nitrogens with one attached hydrogen (secondary N) is 1.